The Labute approximate surface area is 109 Å². The van der Waals surface area contributed by atoms with Gasteiger partial charge in [-0.15, -0.1) is 0 Å². The molecule has 0 aliphatic rings. The third-order valence-corrected chi connectivity index (χ3v) is 2.14. The highest BCUT2D eigenvalue weighted by molar-refractivity contribution is 6.10. The number of hydrogen-bond donors (Lipinski definition) is 1. The molecule has 0 heterocycles. The first-order valence-corrected chi connectivity index (χ1v) is 5.00. The summed E-state index contributed by atoms with van der Waals surface area (Å²) in [6.07, 6.45) is 0. The zero-order valence-electron chi connectivity index (χ0n) is 10.3. The average Bonchev–Trinajstić information content (AvgIpc) is 2.47. The van der Waals surface area contributed by atoms with Crippen LogP contribution in [0.15, 0.2) is 17.2 Å². The maximum Gasteiger partial charge on any atom is 0.237 e. The molecule has 0 aromatic heterocycles. The molecule has 7 nitrogen and oxygen atoms in total. The summed E-state index contributed by atoms with van der Waals surface area (Å²) in [6, 6.07) is 8.11. The average molecular weight is 255 g/mol. The number of hydrogen-bond acceptors (Lipinski definition) is 7. The molecule has 1 N–H and O–H groups in total. The first kappa shape index (κ1) is 13.8. The summed E-state index contributed by atoms with van der Waals surface area (Å²) >= 11 is 0. The Morgan fingerprint density at radius 2 is 1.68 bits per heavy atom. The van der Waals surface area contributed by atoms with E-state index >= 15 is 0 Å². The van der Waals surface area contributed by atoms with Crippen LogP contribution in [0.4, 0.5) is 5.69 Å². The standard InChI is InChI=1S/C12H9N5O2/c1-18-11-3-8(5-13)10(4-12(11)19-2)17-16-9(6-14)7-15/h3-4,17H,1-2H3. The van der Waals surface area contributed by atoms with Crippen LogP contribution in [0.2, 0.25) is 0 Å². The lowest BCUT2D eigenvalue weighted by Gasteiger charge is -2.10. The maximum atomic E-state index is 9.02. The Morgan fingerprint density at radius 3 is 2.16 bits per heavy atom. The Morgan fingerprint density at radius 1 is 1.11 bits per heavy atom. The topological polar surface area (TPSA) is 114 Å². The maximum absolute atomic E-state index is 9.02. The van der Waals surface area contributed by atoms with Crippen molar-refractivity contribution in [3.05, 3.63) is 17.7 Å². The van der Waals surface area contributed by atoms with E-state index in [9.17, 15) is 0 Å². The van der Waals surface area contributed by atoms with Crippen molar-refractivity contribution < 1.29 is 9.47 Å². The van der Waals surface area contributed by atoms with E-state index in [0.29, 0.717) is 17.2 Å². The van der Waals surface area contributed by atoms with Crippen molar-refractivity contribution in [2.45, 2.75) is 0 Å². The van der Waals surface area contributed by atoms with Gasteiger partial charge in [0.25, 0.3) is 0 Å². The predicted octanol–water partition coefficient (Wildman–Crippen LogP) is 1.39. The third kappa shape index (κ3) is 3.12. The number of nitrogens with one attached hydrogen (secondary N) is 1. The molecule has 0 atom stereocenters. The van der Waals surface area contributed by atoms with E-state index in [-0.39, 0.29) is 11.3 Å². The van der Waals surface area contributed by atoms with Crippen molar-refractivity contribution >= 4 is 11.4 Å². The molecular formula is C12H9N5O2. The Kier molecular flexibility index (Phi) is 4.72. The second-order valence-corrected chi connectivity index (χ2v) is 3.16. The summed E-state index contributed by atoms with van der Waals surface area (Å²) in [4.78, 5) is 0. The van der Waals surface area contributed by atoms with Crippen molar-refractivity contribution in [1.82, 2.24) is 0 Å². The highest BCUT2D eigenvalue weighted by atomic mass is 16.5. The molecule has 94 valence electrons. The van der Waals surface area contributed by atoms with Crippen molar-refractivity contribution in [2.24, 2.45) is 5.10 Å². The van der Waals surface area contributed by atoms with Gasteiger partial charge in [0.05, 0.1) is 25.5 Å². The fraction of sp³-hybridized carbons (Fsp3) is 0.167. The minimum absolute atomic E-state index is 0.247. The number of hydrazone groups is 1. The van der Waals surface area contributed by atoms with Crippen LogP contribution in [0.5, 0.6) is 11.5 Å². The van der Waals surface area contributed by atoms with Crippen LogP contribution in [-0.4, -0.2) is 19.9 Å². The van der Waals surface area contributed by atoms with Crippen LogP contribution in [0.3, 0.4) is 0 Å². The van der Waals surface area contributed by atoms with Gasteiger partial charge in [-0.3, -0.25) is 5.43 Å². The molecule has 1 aromatic rings. The molecular weight excluding hydrogens is 246 g/mol. The summed E-state index contributed by atoms with van der Waals surface area (Å²) in [5.74, 6) is 0.795. The van der Waals surface area contributed by atoms with E-state index in [1.807, 2.05) is 6.07 Å². The number of methoxy groups -OCH3 is 2. The molecule has 19 heavy (non-hydrogen) atoms. The second kappa shape index (κ2) is 6.48. The summed E-state index contributed by atoms with van der Waals surface area (Å²) in [7, 11) is 2.90. The Bertz CT molecular complexity index is 615. The van der Waals surface area contributed by atoms with E-state index in [0.717, 1.165) is 0 Å². The van der Waals surface area contributed by atoms with Gasteiger partial charge in [0.1, 0.15) is 18.2 Å². The van der Waals surface area contributed by atoms with Crippen LogP contribution >= 0.6 is 0 Å². The van der Waals surface area contributed by atoms with Crippen LogP contribution in [0.25, 0.3) is 0 Å². The lowest BCUT2D eigenvalue weighted by Crippen LogP contribution is -2.00. The predicted molar refractivity (Wildman–Crippen MR) is 66.5 cm³/mol. The number of anilines is 1. The van der Waals surface area contributed by atoms with Crippen LogP contribution in [0.1, 0.15) is 5.56 Å². The number of ether oxygens (including phenoxy) is 2. The van der Waals surface area contributed by atoms with E-state index in [2.05, 4.69) is 10.5 Å². The summed E-state index contributed by atoms with van der Waals surface area (Å²) in [6.45, 7) is 0. The Hall–Kier alpha value is -3.24. The molecule has 0 bridgehead atoms. The largest absolute Gasteiger partial charge is 0.493 e. The van der Waals surface area contributed by atoms with Crippen molar-refractivity contribution in [3.8, 4) is 29.7 Å². The SMILES string of the molecule is COc1cc(C#N)c(NN=C(C#N)C#N)cc1OC. The van der Waals surface area contributed by atoms with Gasteiger partial charge in [0.2, 0.25) is 5.71 Å². The van der Waals surface area contributed by atoms with Crippen molar-refractivity contribution in [2.75, 3.05) is 19.6 Å². The molecule has 0 aliphatic carbocycles. The normalized spacial score (nSPS) is 8.37. The smallest absolute Gasteiger partial charge is 0.237 e. The molecule has 7 heteroatoms. The van der Waals surface area contributed by atoms with Crippen LogP contribution in [-0.2, 0) is 0 Å². The summed E-state index contributed by atoms with van der Waals surface area (Å²) < 4.78 is 10.1. The molecule has 0 saturated heterocycles. The van der Waals surface area contributed by atoms with Gasteiger partial charge in [-0.1, -0.05) is 0 Å². The molecule has 0 unspecified atom stereocenters. The molecule has 0 amide bonds. The molecule has 1 rings (SSSR count). The molecule has 0 saturated carbocycles. The molecule has 0 radical (unpaired) electrons. The quantitative estimate of drug-likeness (QED) is 0.642. The van der Waals surface area contributed by atoms with Crippen LogP contribution < -0.4 is 14.9 Å². The van der Waals surface area contributed by atoms with E-state index in [1.54, 1.807) is 12.1 Å². The Balaban J connectivity index is 3.22. The summed E-state index contributed by atoms with van der Waals surface area (Å²) in [5, 5.41) is 29.7. The van der Waals surface area contributed by atoms with Gasteiger partial charge >= 0.3 is 0 Å². The molecule has 0 spiro atoms. The van der Waals surface area contributed by atoms with Gasteiger partial charge < -0.3 is 9.47 Å². The minimum atomic E-state index is -0.348. The number of nitrogens with zero attached hydrogens (tertiary/aromatic N) is 4. The van der Waals surface area contributed by atoms with Gasteiger partial charge in [0.15, 0.2) is 11.5 Å². The minimum Gasteiger partial charge on any atom is -0.493 e. The van der Waals surface area contributed by atoms with Gasteiger partial charge in [-0.2, -0.15) is 20.9 Å². The van der Waals surface area contributed by atoms with E-state index in [1.165, 1.54) is 26.4 Å². The number of benzene rings is 1. The van der Waals surface area contributed by atoms with Crippen LogP contribution in [0, 0.1) is 34.0 Å². The van der Waals surface area contributed by atoms with Crippen molar-refractivity contribution in [1.29, 1.82) is 15.8 Å². The number of rotatable bonds is 4. The molecule has 0 fully saturated rings. The van der Waals surface area contributed by atoms with E-state index < -0.39 is 0 Å². The molecule has 1 aromatic carbocycles. The number of nitriles is 3. The first-order valence-electron chi connectivity index (χ1n) is 5.00. The zero-order chi connectivity index (χ0) is 14.3. The van der Waals surface area contributed by atoms with E-state index in [4.69, 9.17) is 25.3 Å². The fourth-order valence-corrected chi connectivity index (χ4v) is 1.26. The third-order valence-electron chi connectivity index (χ3n) is 2.14. The summed E-state index contributed by atoms with van der Waals surface area (Å²) in [5.41, 5.74) is 2.68. The zero-order valence-corrected chi connectivity index (χ0v) is 10.3. The fourth-order valence-electron chi connectivity index (χ4n) is 1.26. The van der Waals surface area contributed by atoms with Gasteiger partial charge in [0, 0.05) is 12.1 Å². The second-order valence-electron chi connectivity index (χ2n) is 3.16. The van der Waals surface area contributed by atoms with Crippen molar-refractivity contribution in [3.63, 3.8) is 0 Å². The highest BCUT2D eigenvalue weighted by Gasteiger charge is 2.10. The first-order chi connectivity index (χ1) is 9.19. The monoisotopic (exact) mass is 255 g/mol. The lowest BCUT2D eigenvalue weighted by molar-refractivity contribution is 0.355. The van der Waals surface area contributed by atoms with Gasteiger partial charge in [-0.25, -0.2) is 0 Å². The lowest BCUT2D eigenvalue weighted by atomic mass is 10.1. The van der Waals surface area contributed by atoms with Gasteiger partial charge in [-0.05, 0) is 0 Å². The molecule has 0 aliphatic heterocycles. The highest BCUT2D eigenvalue weighted by Crippen LogP contribution is 2.32.